The van der Waals surface area contributed by atoms with Crippen molar-refractivity contribution >= 4 is 23.6 Å². The standard InChI is InChI=1S/C18H18N4O5/c23-14(24)11-21-17(26)15(18(27)22-13-8-4-5-9-19-13)16(25)20-10-12-6-2-1-3-7-12/h1-9,27H,10-11H2,(H,19,22)(H,20,25)(H,21,26)(H,23,24)/b18-15-. The molecule has 0 bridgehead atoms. The number of carboxylic acids is 1. The van der Waals surface area contributed by atoms with Gasteiger partial charge in [-0.25, -0.2) is 4.98 Å². The van der Waals surface area contributed by atoms with E-state index in [1.165, 1.54) is 12.3 Å². The minimum atomic E-state index is -1.29. The van der Waals surface area contributed by atoms with Crippen LogP contribution in [0.1, 0.15) is 5.56 Å². The van der Waals surface area contributed by atoms with Crippen molar-refractivity contribution in [2.24, 2.45) is 0 Å². The van der Waals surface area contributed by atoms with Crippen molar-refractivity contribution < 1.29 is 24.6 Å². The largest absolute Gasteiger partial charge is 0.494 e. The first-order chi connectivity index (χ1) is 13.0. The number of carbonyl (C=O) groups is 3. The Labute approximate surface area is 154 Å². The number of aliphatic hydroxyl groups excluding tert-OH is 1. The average molecular weight is 370 g/mol. The highest BCUT2D eigenvalue weighted by atomic mass is 16.4. The molecule has 0 saturated carbocycles. The quantitative estimate of drug-likeness (QED) is 0.200. The molecule has 0 unspecified atom stereocenters. The van der Waals surface area contributed by atoms with Gasteiger partial charge in [-0.2, -0.15) is 0 Å². The first kappa shape index (κ1) is 19.4. The fourth-order valence-corrected chi connectivity index (χ4v) is 2.05. The zero-order chi connectivity index (χ0) is 19.6. The summed E-state index contributed by atoms with van der Waals surface area (Å²) in [5.41, 5.74) is 0.131. The molecule has 140 valence electrons. The molecule has 5 N–H and O–H groups in total. The van der Waals surface area contributed by atoms with Crippen molar-refractivity contribution in [2.45, 2.75) is 6.54 Å². The molecule has 9 nitrogen and oxygen atoms in total. The maximum absolute atomic E-state index is 12.4. The van der Waals surface area contributed by atoms with Crippen molar-refractivity contribution in [3.63, 3.8) is 0 Å². The van der Waals surface area contributed by atoms with E-state index in [0.29, 0.717) is 0 Å². The Balaban J connectivity index is 2.19. The lowest BCUT2D eigenvalue weighted by Gasteiger charge is -2.12. The number of anilines is 1. The molecule has 9 heteroatoms. The van der Waals surface area contributed by atoms with E-state index >= 15 is 0 Å². The molecule has 0 aliphatic carbocycles. The van der Waals surface area contributed by atoms with Gasteiger partial charge in [0.05, 0.1) is 0 Å². The molecule has 0 radical (unpaired) electrons. The van der Waals surface area contributed by atoms with Crippen LogP contribution in [0.15, 0.2) is 66.2 Å². The van der Waals surface area contributed by atoms with Crippen LogP contribution in [0.3, 0.4) is 0 Å². The molecule has 0 spiro atoms. The number of amides is 2. The number of aliphatic carboxylic acids is 1. The third-order valence-electron chi connectivity index (χ3n) is 3.30. The predicted molar refractivity (Wildman–Crippen MR) is 96.4 cm³/mol. The van der Waals surface area contributed by atoms with Crippen LogP contribution in [-0.4, -0.2) is 39.5 Å². The minimum absolute atomic E-state index is 0.117. The summed E-state index contributed by atoms with van der Waals surface area (Å²) in [6.07, 6.45) is 1.45. The minimum Gasteiger partial charge on any atom is -0.494 e. The van der Waals surface area contributed by atoms with Gasteiger partial charge in [-0.1, -0.05) is 36.4 Å². The van der Waals surface area contributed by atoms with Crippen LogP contribution in [0.25, 0.3) is 0 Å². The van der Waals surface area contributed by atoms with Crippen LogP contribution in [0, 0.1) is 0 Å². The van der Waals surface area contributed by atoms with Gasteiger partial charge in [0.25, 0.3) is 11.8 Å². The van der Waals surface area contributed by atoms with Crippen LogP contribution < -0.4 is 16.0 Å². The Morgan fingerprint density at radius 1 is 0.889 bits per heavy atom. The van der Waals surface area contributed by atoms with Gasteiger partial charge in [-0.3, -0.25) is 14.4 Å². The van der Waals surface area contributed by atoms with Crippen LogP contribution in [-0.2, 0) is 20.9 Å². The summed E-state index contributed by atoms with van der Waals surface area (Å²) in [6.45, 7) is -0.586. The topological polar surface area (TPSA) is 141 Å². The summed E-state index contributed by atoms with van der Waals surface area (Å²) in [6, 6.07) is 13.8. The molecule has 0 aliphatic heterocycles. The van der Waals surface area contributed by atoms with E-state index in [-0.39, 0.29) is 12.4 Å². The van der Waals surface area contributed by atoms with E-state index in [1.807, 2.05) is 6.07 Å². The number of hydrogen-bond donors (Lipinski definition) is 5. The second-order valence-corrected chi connectivity index (χ2v) is 5.31. The van der Waals surface area contributed by atoms with Crippen molar-refractivity contribution in [1.82, 2.24) is 15.6 Å². The maximum Gasteiger partial charge on any atom is 0.322 e. The number of aliphatic hydroxyl groups is 1. The number of carboxylic acid groups (broad SMARTS) is 1. The molecule has 2 aromatic rings. The molecule has 1 aromatic heterocycles. The molecule has 27 heavy (non-hydrogen) atoms. The maximum atomic E-state index is 12.4. The van der Waals surface area contributed by atoms with Crippen LogP contribution in [0.2, 0.25) is 0 Å². The number of aromatic nitrogens is 1. The van der Waals surface area contributed by atoms with Crippen molar-refractivity contribution in [3.05, 3.63) is 71.7 Å². The molecular formula is C18H18N4O5. The molecule has 2 rings (SSSR count). The van der Waals surface area contributed by atoms with Gasteiger partial charge in [-0.15, -0.1) is 0 Å². The normalized spacial score (nSPS) is 11.1. The van der Waals surface area contributed by atoms with Gasteiger partial charge in [-0.05, 0) is 17.7 Å². The predicted octanol–water partition coefficient (Wildman–Crippen LogP) is 0.780. The molecule has 1 aromatic carbocycles. The van der Waals surface area contributed by atoms with Crippen molar-refractivity contribution in [3.8, 4) is 0 Å². The van der Waals surface area contributed by atoms with E-state index in [0.717, 1.165) is 5.56 Å². The number of nitrogens with zero attached hydrogens (tertiary/aromatic N) is 1. The Kier molecular flexibility index (Phi) is 6.89. The highest BCUT2D eigenvalue weighted by molar-refractivity contribution is 6.19. The fourth-order valence-electron chi connectivity index (χ4n) is 2.05. The molecule has 1 heterocycles. The summed E-state index contributed by atoms with van der Waals surface area (Å²) >= 11 is 0. The zero-order valence-electron chi connectivity index (χ0n) is 14.2. The van der Waals surface area contributed by atoms with Crippen LogP contribution in [0.5, 0.6) is 0 Å². The lowest BCUT2D eigenvalue weighted by Crippen LogP contribution is -2.38. The van der Waals surface area contributed by atoms with Gasteiger partial charge in [0.1, 0.15) is 12.4 Å². The number of nitrogens with one attached hydrogen (secondary N) is 3. The van der Waals surface area contributed by atoms with E-state index in [4.69, 9.17) is 5.11 Å². The number of rotatable bonds is 8. The summed E-state index contributed by atoms with van der Waals surface area (Å²) in [5, 5.41) is 25.9. The van der Waals surface area contributed by atoms with Crippen molar-refractivity contribution in [2.75, 3.05) is 11.9 Å². The summed E-state index contributed by atoms with van der Waals surface area (Å²) in [7, 11) is 0. The SMILES string of the molecule is O=C(O)CNC(=O)/C(C(=O)NCc1ccccc1)=C(\O)Nc1ccccn1. The summed E-state index contributed by atoms with van der Waals surface area (Å²) in [5.74, 6) is -3.74. The number of carbonyl (C=O) groups excluding carboxylic acids is 2. The van der Waals surface area contributed by atoms with E-state index in [9.17, 15) is 19.5 Å². The van der Waals surface area contributed by atoms with Gasteiger partial charge < -0.3 is 26.2 Å². The van der Waals surface area contributed by atoms with Crippen LogP contribution >= 0.6 is 0 Å². The Bertz CT molecular complexity index is 837. The second-order valence-electron chi connectivity index (χ2n) is 5.31. The van der Waals surface area contributed by atoms with Gasteiger partial charge in [0.15, 0.2) is 5.57 Å². The van der Waals surface area contributed by atoms with Crippen molar-refractivity contribution in [1.29, 1.82) is 0 Å². The monoisotopic (exact) mass is 370 g/mol. The molecular weight excluding hydrogens is 352 g/mol. The van der Waals surface area contributed by atoms with E-state index in [1.54, 1.807) is 36.4 Å². The van der Waals surface area contributed by atoms with Gasteiger partial charge in [0, 0.05) is 12.7 Å². The smallest absolute Gasteiger partial charge is 0.322 e. The van der Waals surface area contributed by atoms with Crippen LogP contribution in [0.4, 0.5) is 5.82 Å². The molecule has 0 saturated heterocycles. The average Bonchev–Trinajstić information content (AvgIpc) is 2.66. The molecule has 0 aliphatic rings. The molecule has 0 fully saturated rings. The number of benzene rings is 1. The summed E-state index contributed by atoms with van der Waals surface area (Å²) < 4.78 is 0. The Morgan fingerprint density at radius 3 is 2.19 bits per heavy atom. The number of pyridine rings is 1. The number of hydrogen-bond acceptors (Lipinski definition) is 6. The van der Waals surface area contributed by atoms with Gasteiger partial charge in [0.2, 0.25) is 5.88 Å². The van der Waals surface area contributed by atoms with E-state index < -0.39 is 35.8 Å². The highest BCUT2D eigenvalue weighted by Gasteiger charge is 2.24. The lowest BCUT2D eigenvalue weighted by atomic mass is 10.2. The van der Waals surface area contributed by atoms with E-state index in [2.05, 4.69) is 20.9 Å². The highest BCUT2D eigenvalue weighted by Crippen LogP contribution is 2.09. The second kappa shape index (κ2) is 9.56. The lowest BCUT2D eigenvalue weighted by molar-refractivity contribution is -0.137. The summed E-state index contributed by atoms with van der Waals surface area (Å²) in [4.78, 5) is 39.2. The first-order valence-corrected chi connectivity index (χ1v) is 7.90. The third kappa shape index (κ3) is 6.16. The fraction of sp³-hybridized carbons (Fsp3) is 0.111. The molecule has 0 atom stereocenters. The Hall–Kier alpha value is -3.88. The Morgan fingerprint density at radius 2 is 1.56 bits per heavy atom. The molecule has 2 amide bonds. The van der Waals surface area contributed by atoms with Gasteiger partial charge >= 0.3 is 5.97 Å². The first-order valence-electron chi connectivity index (χ1n) is 7.90. The zero-order valence-corrected chi connectivity index (χ0v) is 14.2. The third-order valence-corrected chi connectivity index (χ3v) is 3.30.